The maximum atomic E-state index is 13.4. The molecule has 2 aliphatic heterocycles. The van der Waals surface area contributed by atoms with E-state index in [0.29, 0.717) is 13.2 Å². The number of hydrogen-bond donors (Lipinski definition) is 0. The molecule has 0 N–H and O–H groups in total. The molecule has 0 spiro atoms. The molecule has 1 aromatic carbocycles. The standard InChI is InChI=1S/C25H26N2O2/c1-7-25(6)16(5)29-12-19-20(25)10-22-23-17(11-27(22)24(19)28)9-18-15(4)14(3)13(2)8-21(18)26-23/h8-10H,5,7,11-12H2,1-4,6H3/t25-/m0/s1. The summed E-state index contributed by atoms with van der Waals surface area (Å²) in [7, 11) is 0. The largest absolute Gasteiger partial charge is 0.493 e. The highest BCUT2D eigenvalue weighted by atomic mass is 16.5. The minimum absolute atomic E-state index is 0.0378. The summed E-state index contributed by atoms with van der Waals surface area (Å²) in [6.07, 6.45) is 0.831. The van der Waals surface area contributed by atoms with E-state index < -0.39 is 0 Å². The van der Waals surface area contributed by atoms with E-state index in [2.05, 4.69) is 59.4 Å². The van der Waals surface area contributed by atoms with Gasteiger partial charge >= 0.3 is 0 Å². The molecule has 0 saturated heterocycles. The number of benzene rings is 1. The van der Waals surface area contributed by atoms with Crippen molar-refractivity contribution in [2.75, 3.05) is 0 Å². The number of rotatable bonds is 1. The molecular formula is C25H26N2O2. The molecule has 0 radical (unpaired) electrons. The van der Waals surface area contributed by atoms with Crippen molar-refractivity contribution in [3.63, 3.8) is 0 Å². The molecule has 4 heterocycles. The van der Waals surface area contributed by atoms with E-state index >= 15 is 0 Å². The van der Waals surface area contributed by atoms with E-state index in [1.165, 1.54) is 22.1 Å². The van der Waals surface area contributed by atoms with Gasteiger partial charge < -0.3 is 9.30 Å². The predicted molar refractivity (Wildman–Crippen MR) is 116 cm³/mol. The zero-order chi connectivity index (χ0) is 20.7. The van der Waals surface area contributed by atoms with Gasteiger partial charge in [0.25, 0.3) is 5.56 Å². The summed E-state index contributed by atoms with van der Waals surface area (Å²) in [6.45, 7) is 15.7. The number of ether oxygens (including phenoxy) is 1. The average molecular weight is 386 g/mol. The second kappa shape index (κ2) is 5.82. The first-order valence-corrected chi connectivity index (χ1v) is 10.3. The Morgan fingerprint density at radius 3 is 2.69 bits per heavy atom. The Bertz CT molecular complexity index is 1300. The zero-order valence-corrected chi connectivity index (χ0v) is 17.8. The molecule has 4 nitrogen and oxygen atoms in total. The summed E-state index contributed by atoms with van der Waals surface area (Å²) in [4.78, 5) is 18.4. The van der Waals surface area contributed by atoms with Crippen LogP contribution < -0.4 is 5.56 Å². The summed E-state index contributed by atoms with van der Waals surface area (Å²) < 4.78 is 7.67. The van der Waals surface area contributed by atoms with Crippen LogP contribution in [0.2, 0.25) is 0 Å². The first kappa shape index (κ1) is 18.2. The van der Waals surface area contributed by atoms with E-state index in [1.54, 1.807) is 0 Å². The molecule has 148 valence electrons. The topological polar surface area (TPSA) is 44.1 Å². The maximum absolute atomic E-state index is 13.4. The third-order valence-corrected chi connectivity index (χ3v) is 7.32. The molecule has 0 unspecified atom stereocenters. The lowest BCUT2D eigenvalue weighted by Gasteiger charge is -2.37. The molecule has 2 aliphatic rings. The van der Waals surface area contributed by atoms with E-state index in [-0.39, 0.29) is 11.0 Å². The molecule has 2 aromatic heterocycles. The lowest BCUT2D eigenvalue weighted by Crippen LogP contribution is -2.37. The summed E-state index contributed by atoms with van der Waals surface area (Å²) in [6, 6.07) is 6.54. The molecule has 1 atom stereocenters. The van der Waals surface area contributed by atoms with Crippen molar-refractivity contribution in [2.45, 2.75) is 59.6 Å². The lowest BCUT2D eigenvalue weighted by atomic mass is 9.75. The van der Waals surface area contributed by atoms with Gasteiger partial charge in [-0.3, -0.25) is 4.79 Å². The molecule has 4 heteroatoms. The van der Waals surface area contributed by atoms with Gasteiger partial charge in [-0.05, 0) is 74.6 Å². The Hall–Kier alpha value is -2.88. The number of aromatic nitrogens is 2. The van der Waals surface area contributed by atoms with Crippen molar-refractivity contribution < 1.29 is 4.74 Å². The fraction of sp³-hybridized carbons (Fsp3) is 0.360. The van der Waals surface area contributed by atoms with Crippen LogP contribution in [-0.4, -0.2) is 9.55 Å². The fourth-order valence-corrected chi connectivity index (χ4v) is 4.83. The van der Waals surface area contributed by atoms with Gasteiger partial charge in [-0.25, -0.2) is 4.98 Å². The summed E-state index contributed by atoms with van der Waals surface area (Å²) in [5.41, 5.74) is 9.24. The second-order valence-electron chi connectivity index (χ2n) is 8.72. The van der Waals surface area contributed by atoms with Crippen LogP contribution in [0.15, 0.2) is 35.3 Å². The van der Waals surface area contributed by atoms with Crippen LogP contribution in [0.5, 0.6) is 0 Å². The maximum Gasteiger partial charge on any atom is 0.258 e. The number of hydrogen-bond acceptors (Lipinski definition) is 3. The van der Waals surface area contributed by atoms with Crippen LogP contribution in [0.1, 0.15) is 53.6 Å². The van der Waals surface area contributed by atoms with Crippen LogP contribution in [0.25, 0.3) is 22.3 Å². The van der Waals surface area contributed by atoms with Crippen LogP contribution in [-0.2, 0) is 23.3 Å². The molecule has 29 heavy (non-hydrogen) atoms. The van der Waals surface area contributed by atoms with Crippen molar-refractivity contribution in [1.82, 2.24) is 9.55 Å². The highest BCUT2D eigenvalue weighted by molar-refractivity contribution is 5.88. The Balaban J connectivity index is 1.81. The van der Waals surface area contributed by atoms with Gasteiger partial charge in [0.15, 0.2) is 0 Å². The average Bonchev–Trinajstić information content (AvgIpc) is 3.06. The fourth-order valence-electron chi connectivity index (χ4n) is 4.83. The van der Waals surface area contributed by atoms with Gasteiger partial charge in [0.1, 0.15) is 6.61 Å². The number of fused-ring (bicyclic) bond motifs is 5. The highest BCUT2D eigenvalue weighted by Gasteiger charge is 2.39. The number of aryl methyl sites for hydroxylation is 2. The predicted octanol–water partition coefficient (Wildman–Crippen LogP) is 5.06. The van der Waals surface area contributed by atoms with E-state index in [9.17, 15) is 4.79 Å². The smallest absolute Gasteiger partial charge is 0.258 e. The first-order valence-electron chi connectivity index (χ1n) is 10.3. The second-order valence-corrected chi connectivity index (χ2v) is 8.72. The van der Waals surface area contributed by atoms with Gasteiger partial charge in [0.2, 0.25) is 0 Å². The van der Waals surface area contributed by atoms with E-state index in [4.69, 9.17) is 9.72 Å². The minimum atomic E-state index is -0.355. The van der Waals surface area contributed by atoms with Crippen LogP contribution in [0, 0.1) is 20.8 Å². The van der Waals surface area contributed by atoms with Crippen molar-refractivity contribution in [2.24, 2.45) is 0 Å². The van der Waals surface area contributed by atoms with Crippen LogP contribution in [0.4, 0.5) is 0 Å². The Morgan fingerprint density at radius 1 is 1.21 bits per heavy atom. The van der Waals surface area contributed by atoms with Crippen molar-refractivity contribution in [3.8, 4) is 11.4 Å². The lowest BCUT2D eigenvalue weighted by molar-refractivity contribution is 0.132. The molecule has 0 fully saturated rings. The molecule has 0 bridgehead atoms. The first-order chi connectivity index (χ1) is 13.8. The Kier molecular flexibility index (Phi) is 3.64. The summed E-state index contributed by atoms with van der Waals surface area (Å²) >= 11 is 0. The Labute approximate surface area is 170 Å². The number of nitrogens with zero attached hydrogens (tertiary/aromatic N) is 2. The zero-order valence-electron chi connectivity index (χ0n) is 17.8. The van der Waals surface area contributed by atoms with E-state index in [1.807, 2.05) is 4.57 Å². The SMILES string of the molecule is C=C1OCc2c(cc3n(c2=O)Cc2cc4c(C)c(C)c(C)cc4nc2-3)[C@@]1(C)CC. The van der Waals surface area contributed by atoms with Crippen molar-refractivity contribution in [1.29, 1.82) is 0 Å². The molecule has 0 saturated carbocycles. The van der Waals surface area contributed by atoms with Gasteiger partial charge in [0.05, 0.1) is 34.8 Å². The molecule has 3 aromatic rings. The molecule has 5 rings (SSSR count). The minimum Gasteiger partial charge on any atom is -0.493 e. The van der Waals surface area contributed by atoms with Crippen LogP contribution >= 0.6 is 0 Å². The molecular weight excluding hydrogens is 360 g/mol. The number of pyridine rings is 2. The van der Waals surface area contributed by atoms with E-state index in [0.717, 1.165) is 45.8 Å². The number of allylic oxidation sites excluding steroid dienone is 1. The molecule has 0 aliphatic carbocycles. The van der Waals surface area contributed by atoms with Gasteiger partial charge in [0, 0.05) is 16.4 Å². The summed E-state index contributed by atoms with van der Waals surface area (Å²) in [5, 5.41) is 1.17. The monoisotopic (exact) mass is 386 g/mol. The van der Waals surface area contributed by atoms with Gasteiger partial charge in [-0.15, -0.1) is 0 Å². The van der Waals surface area contributed by atoms with Crippen molar-refractivity contribution >= 4 is 10.9 Å². The van der Waals surface area contributed by atoms with Crippen molar-refractivity contribution in [3.05, 3.63) is 74.3 Å². The summed E-state index contributed by atoms with van der Waals surface area (Å²) in [5.74, 6) is 0.739. The quantitative estimate of drug-likeness (QED) is 0.459. The highest BCUT2D eigenvalue weighted by Crippen LogP contribution is 2.43. The third kappa shape index (κ3) is 2.26. The normalized spacial score (nSPS) is 19.7. The van der Waals surface area contributed by atoms with Crippen LogP contribution in [0.3, 0.4) is 0 Å². The van der Waals surface area contributed by atoms with Gasteiger partial charge in [-0.2, -0.15) is 0 Å². The Morgan fingerprint density at radius 2 is 1.97 bits per heavy atom. The molecule has 0 amide bonds. The third-order valence-electron chi connectivity index (χ3n) is 7.32. The van der Waals surface area contributed by atoms with Gasteiger partial charge in [-0.1, -0.05) is 13.5 Å².